The number of phenols is 6. The lowest BCUT2D eigenvalue weighted by atomic mass is 10.1. The molecule has 0 saturated carbocycles. The van der Waals surface area contributed by atoms with Gasteiger partial charge in [-0.1, -0.05) is 18.2 Å². The van der Waals surface area contributed by atoms with Crippen LogP contribution in [-0.4, -0.2) is 75.4 Å². The number of aliphatic hydroxyl groups is 2. The van der Waals surface area contributed by atoms with Crippen LogP contribution >= 0.6 is 0 Å². The summed E-state index contributed by atoms with van der Waals surface area (Å²) in [4.78, 5) is 0. The van der Waals surface area contributed by atoms with Crippen molar-refractivity contribution in [1.82, 2.24) is 5.32 Å². The lowest BCUT2D eigenvalue weighted by Crippen LogP contribution is -2.32. The van der Waals surface area contributed by atoms with E-state index in [-0.39, 0.29) is 41.0 Å². The first kappa shape index (κ1) is 42.8. The van der Waals surface area contributed by atoms with Crippen LogP contribution in [0.25, 0.3) is 11.1 Å². The van der Waals surface area contributed by atoms with E-state index in [1.807, 2.05) is 17.0 Å². The van der Waals surface area contributed by atoms with Crippen LogP contribution in [0.5, 0.6) is 34.5 Å². The summed E-state index contributed by atoms with van der Waals surface area (Å²) in [6.45, 7) is 4.17. The minimum atomic E-state index is -0.795. The summed E-state index contributed by atoms with van der Waals surface area (Å²) in [5, 5.41) is 75.6. The van der Waals surface area contributed by atoms with Gasteiger partial charge < -0.3 is 57.6 Å². The number of likely N-dealkylation sites (N-methyl/N-ethyl adjacent to an activating group) is 1. The largest absolute Gasteiger partial charge is 0.504 e. The van der Waals surface area contributed by atoms with Crippen molar-refractivity contribution < 1.29 is 50.0 Å². The molecule has 0 bridgehead atoms. The standard InChI is InChI=1S/C13H15BN2.C9H13NO3.C8H11NO3.C8H11NO2/c1-2-15-7-3-12(4-8-15)13-5-9-16(11-14)10-6-13;1-10-5-9(13)6-2-3-7(11)8(12)4-6;9-4-8(12)5-1-2-6(10)7(11)3-5;9-4-3-6-1-2-7(10)8(11)5-6/h3-10H,2,11H2,1H3;2-4,9-13H,5H2,1H3;1-3,8,10-12H,4,9H2;1-2,5,10-11H,3-4,9H2/q+2;;;. The van der Waals surface area contributed by atoms with Gasteiger partial charge in [-0.25, -0.2) is 9.13 Å². The van der Waals surface area contributed by atoms with Crippen LogP contribution in [0.1, 0.15) is 35.8 Å². The Kier molecular flexibility index (Phi) is 18.5. The second-order valence-electron chi connectivity index (χ2n) is 11.4. The Morgan fingerprint density at radius 2 is 1.06 bits per heavy atom. The number of hydrogen-bond acceptors (Lipinski definition) is 11. The number of aliphatic hydroxyl groups excluding tert-OH is 2. The Morgan fingerprint density at radius 1 is 0.615 bits per heavy atom. The van der Waals surface area contributed by atoms with Crippen molar-refractivity contribution in [2.45, 2.75) is 38.5 Å². The van der Waals surface area contributed by atoms with Crippen LogP contribution in [0.2, 0.25) is 0 Å². The lowest BCUT2D eigenvalue weighted by Gasteiger charge is -2.10. The first-order valence-corrected chi connectivity index (χ1v) is 16.5. The summed E-state index contributed by atoms with van der Waals surface area (Å²) in [7, 11) is 7.26. The van der Waals surface area contributed by atoms with Gasteiger partial charge in [-0.2, -0.15) is 0 Å². The van der Waals surface area contributed by atoms with Gasteiger partial charge in [0.05, 0.1) is 12.2 Å². The minimum Gasteiger partial charge on any atom is -0.504 e. The molecule has 3 aromatic carbocycles. The summed E-state index contributed by atoms with van der Waals surface area (Å²) >= 11 is 0. The van der Waals surface area contributed by atoms with E-state index in [9.17, 15) is 10.2 Å². The van der Waals surface area contributed by atoms with Gasteiger partial charge in [0.15, 0.2) is 67.1 Å². The first-order chi connectivity index (χ1) is 24.9. The Morgan fingerprint density at radius 3 is 1.44 bits per heavy atom. The van der Waals surface area contributed by atoms with Crippen LogP contribution in [0.15, 0.2) is 104 Å². The highest BCUT2D eigenvalue weighted by Crippen LogP contribution is 2.28. The Labute approximate surface area is 305 Å². The van der Waals surface area contributed by atoms with Crippen LogP contribution in [-0.2, 0) is 19.4 Å². The van der Waals surface area contributed by atoms with E-state index in [1.165, 1.54) is 53.6 Å². The molecule has 0 saturated heterocycles. The molecule has 0 aliphatic heterocycles. The Hall–Kier alpha value is -5.38. The van der Waals surface area contributed by atoms with Crippen LogP contribution in [0, 0.1) is 0 Å². The number of hydrogen-bond donors (Lipinski definition) is 11. The molecular formula is C38H50BN5O8+2. The zero-order valence-corrected chi connectivity index (χ0v) is 29.4. The molecule has 5 aromatic rings. The summed E-state index contributed by atoms with van der Waals surface area (Å²) in [6, 6.07) is 21.5. The zero-order valence-electron chi connectivity index (χ0n) is 29.4. The van der Waals surface area contributed by atoms with Gasteiger partial charge in [0.2, 0.25) is 0 Å². The highest BCUT2D eigenvalue weighted by Gasteiger charge is 2.09. The molecule has 13 nitrogen and oxygen atoms in total. The molecule has 0 aliphatic rings. The third-order valence-corrected chi connectivity index (χ3v) is 7.55. The Bertz CT molecular complexity index is 1730. The number of benzene rings is 3. The zero-order chi connectivity index (χ0) is 38.6. The maximum Gasteiger partial charge on any atom is 0.169 e. The van der Waals surface area contributed by atoms with Crippen molar-refractivity contribution >= 4 is 7.85 Å². The third-order valence-electron chi connectivity index (χ3n) is 7.55. The average molecular weight is 716 g/mol. The van der Waals surface area contributed by atoms with E-state index in [4.69, 9.17) is 50.0 Å². The number of aromatic hydroxyl groups is 6. The van der Waals surface area contributed by atoms with Crippen molar-refractivity contribution in [3.05, 3.63) is 120 Å². The molecule has 2 heterocycles. The predicted octanol–water partition coefficient (Wildman–Crippen LogP) is 2.11. The molecule has 13 N–H and O–H groups in total. The maximum absolute atomic E-state index is 9.48. The number of rotatable bonds is 10. The van der Waals surface area contributed by atoms with Crippen LogP contribution in [0.3, 0.4) is 0 Å². The van der Waals surface area contributed by atoms with Gasteiger partial charge in [-0.15, -0.1) is 0 Å². The second-order valence-corrected chi connectivity index (χ2v) is 11.4. The molecule has 276 valence electrons. The summed E-state index contributed by atoms with van der Waals surface area (Å²) in [5.41, 5.74) is 14.9. The first-order valence-electron chi connectivity index (χ1n) is 16.5. The SMILES string of the molecule is CNCC(O)c1ccc(O)c(O)c1.NCC(O)c1ccc(O)c(O)c1.NCCc1ccc(O)c(O)c1.[B]C[n+]1ccc(-c2cc[n+](CC)cc2)cc1. The minimum absolute atomic E-state index is 0.0871. The molecule has 52 heavy (non-hydrogen) atoms. The fourth-order valence-corrected chi connectivity index (χ4v) is 4.47. The maximum atomic E-state index is 9.48. The molecule has 0 amide bonds. The van der Waals surface area contributed by atoms with Gasteiger partial charge in [-0.05, 0) is 91.2 Å². The average Bonchev–Trinajstić information content (AvgIpc) is 3.16. The molecule has 14 heteroatoms. The lowest BCUT2D eigenvalue weighted by molar-refractivity contribution is -0.693. The second kappa shape index (κ2) is 22.4. The number of aryl methyl sites for hydroxylation is 1. The topological polar surface area (TPSA) is 234 Å². The van der Waals surface area contributed by atoms with E-state index in [1.54, 1.807) is 19.2 Å². The van der Waals surface area contributed by atoms with Crippen molar-refractivity contribution in [3.63, 3.8) is 0 Å². The predicted molar refractivity (Wildman–Crippen MR) is 199 cm³/mol. The quantitative estimate of drug-likeness (QED) is 0.0570. The normalized spacial score (nSPS) is 11.4. The molecule has 2 aromatic heterocycles. The summed E-state index contributed by atoms with van der Waals surface area (Å²) in [5.74, 6) is -1.03. The highest BCUT2D eigenvalue weighted by molar-refractivity contribution is 6.05. The van der Waals surface area contributed by atoms with Gasteiger partial charge in [0.1, 0.15) is 13.0 Å². The van der Waals surface area contributed by atoms with Crippen molar-refractivity contribution in [2.75, 3.05) is 26.7 Å². The number of phenolic OH excluding ortho intramolecular Hbond substituents is 6. The summed E-state index contributed by atoms with van der Waals surface area (Å²) < 4.78 is 4.09. The van der Waals surface area contributed by atoms with Crippen molar-refractivity contribution in [3.8, 4) is 45.6 Å². The van der Waals surface area contributed by atoms with Gasteiger partial charge >= 0.3 is 0 Å². The van der Waals surface area contributed by atoms with Crippen molar-refractivity contribution in [2.24, 2.45) is 11.5 Å². The van der Waals surface area contributed by atoms with E-state index >= 15 is 0 Å². The molecule has 0 fully saturated rings. The molecule has 5 rings (SSSR count). The molecular weight excluding hydrogens is 665 g/mol. The van der Waals surface area contributed by atoms with Crippen LogP contribution < -0.4 is 25.9 Å². The van der Waals surface area contributed by atoms with E-state index < -0.39 is 12.2 Å². The monoisotopic (exact) mass is 715 g/mol. The van der Waals surface area contributed by atoms with E-state index in [0.717, 1.165) is 12.1 Å². The number of nitrogens with one attached hydrogen (secondary N) is 1. The number of nitrogens with two attached hydrogens (primary N) is 2. The molecule has 2 radical (unpaired) electrons. The highest BCUT2D eigenvalue weighted by atomic mass is 16.3. The molecule has 0 spiro atoms. The molecule has 0 aliphatic carbocycles. The van der Waals surface area contributed by atoms with Gasteiger partial charge in [-0.3, -0.25) is 0 Å². The molecule has 2 unspecified atom stereocenters. The summed E-state index contributed by atoms with van der Waals surface area (Å²) in [6.07, 6.45) is 7.96. The third kappa shape index (κ3) is 14.1. The Balaban J connectivity index is 0.000000243. The fraction of sp³-hybridized carbons (Fsp3) is 0.263. The molecule has 2 atom stereocenters. The van der Waals surface area contributed by atoms with Gasteiger partial charge in [0.25, 0.3) is 0 Å². The van der Waals surface area contributed by atoms with E-state index in [2.05, 4.69) is 53.5 Å². The number of aromatic nitrogens is 2. The smallest absolute Gasteiger partial charge is 0.169 e. The van der Waals surface area contributed by atoms with E-state index in [0.29, 0.717) is 37.1 Å². The van der Waals surface area contributed by atoms with Gasteiger partial charge in [0, 0.05) is 37.4 Å². The number of pyridine rings is 2. The number of nitrogens with zero attached hydrogens (tertiary/aromatic N) is 2. The van der Waals surface area contributed by atoms with Crippen molar-refractivity contribution in [1.29, 1.82) is 0 Å². The fourth-order valence-electron chi connectivity index (χ4n) is 4.47. The van der Waals surface area contributed by atoms with Crippen LogP contribution in [0.4, 0.5) is 0 Å².